The first kappa shape index (κ1) is 35.5. The van der Waals surface area contributed by atoms with Gasteiger partial charge in [0.15, 0.2) is 0 Å². The lowest BCUT2D eigenvalue weighted by Crippen LogP contribution is -2.28. The molecule has 12 aromatic rings. The minimum absolute atomic E-state index is 0.249. The lowest BCUT2D eigenvalue weighted by molar-refractivity contribution is 0.475. The summed E-state index contributed by atoms with van der Waals surface area (Å²) in [7, 11) is 0. The van der Waals surface area contributed by atoms with Crippen LogP contribution in [0.4, 0.5) is 0 Å². The second-order valence-corrected chi connectivity index (χ2v) is 17.1. The van der Waals surface area contributed by atoms with Crippen molar-refractivity contribution in [1.29, 1.82) is 0 Å². The summed E-state index contributed by atoms with van der Waals surface area (Å²) in [5.41, 5.74) is 11.0. The summed E-state index contributed by atoms with van der Waals surface area (Å²) in [5, 5.41) is 35.0. The van der Waals surface area contributed by atoms with Crippen LogP contribution in [0.5, 0.6) is 11.5 Å². The number of aromatic hydroxyl groups is 2. The fourth-order valence-corrected chi connectivity index (χ4v) is 11.0. The molecule has 12 aromatic carbocycles. The monoisotopic (exact) mass is 802 g/mol. The number of benzene rings is 12. The molecular formula is C61H38O2. The molecule has 0 aromatic heterocycles. The molecule has 2 nitrogen and oxygen atoms in total. The Labute approximate surface area is 364 Å². The van der Waals surface area contributed by atoms with Crippen molar-refractivity contribution >= 4 is 64.6 Å². The molecule has 0 amide bonds. The fraction of sp³-hybridized carbons (Fsp3) is 0.0164. The highest BCUT2D eigenvalue weighted by Gasteiger charge is 2.47. The second-order valence-electron chi connectivity index (χ2n) is 17.1. The van der Waals surface area contributed by atoms with Crippen LogP contribution in [0.3, 0.4) is 0 Å². The van der Waals surface area contributed by atoms with E-state index in [1.807, 2.05) is 24.3 Å². The first-order chi connectivity index (χ1) is 31.0. The summed E-state index contributed by atoms with van der Waals surface area (Å²) in [4.78, 5) is 0. The normalized spacial score (nSPS) is 13.0. The van der Waals surface area contributed by atoms with Crippen molar-refractivity contribution < 1.29 is 10.2 Å². The minimum Gasteiger partial charge on any atom is -0.508 e. The molecule has 0 saturated carbocycles. The largest absolute Gasteiger partial charge is 0.508 e. The van der Waals surface area contributed by atoms with Crippen molar-refractivity contribution in [3.8, 4) is 44.9 Å². The van der Waals surface area contributed by atoms with Gasteiger partial charge in [-0.3, -0.25) is 0 Å². The van der Waals surface area contributed by atoms with Gasteiger partial charge < -0.3 is 10.2 Å². The predicted octanol–water partition coefficient (Wildman–Crippen LogP) is 15.7. The Morgan fingerprint density at radius 3 is 1.10 bits per heavy atom. The van der Waals surface area contributed by atoms with Gasteiger partial charge in [0.2, 0.25) is 0 Å². The SMILES string of the molecule is Oc1ccc2cc(C3(c4ccc5cc(O)ccc5c4)c4cc(-c5cc6ccccc6c6ccccc56)ccc4-c4ccc(-c5cc6ccccc6c6ccccc56)cc43)ccc2c1. The Kier molecular flexibility index (Phi) is 7.56. The van der Waals surface area contributed by atoms with E-state index in [1.165, 1.54) is 76.5 Å². The van der Waals surface area contributed by atoms with Crippen LogP contribution in [-0.4, -0.2) is 10.2 Å². The highest BCUT2D eigenvalue weighted by Crippen LogP contribution is 2.58. The standard InChI is InChI=1S/C61H38O2/c62-47-25-19-37-29-45(23-17-39(37)31-47)61(46-24-18-40-32-48(63)26-20-38(40)30-46)59-35-43(57-33-41-9-1-3-11-49(41)51-13-5-7-15-53(51)57)21-27-55(59)56-28-22-44(36-60(56)61)58-34-42-10-2-4-12-50(42)52-14-6-8-16-54(52)58/h1-36,62-63H. The van der Waals surface area contributed by atoms with Crippen molar-refractivity contribution in [3.05, 3.63) is 241 Å². The maximum absolute atomic E-state index is 10.6. The van der Waals surface area contributed by atoms with Crippen LogP contribution in [0.25, 0.3) is 98.0 Å². The molecule has 0 aliphatic heterocycles. The third kappa shape index (κ3) is 5.25. The van der Waals surface area contributed by atoms with E-state index in [9.17, 15) is 10.2 Å². The molecule has 1 aliphatic carbocycles. The second kappa shape index (κ2) is 13.4. The molecule has 0 atom stereocenters. The quantitative estimate of drug-likeness (QED) is 0.174. The molecular weight excluding hydrogens is 765 g/mol. The van der Waals surface area contributed by atoms with Crippen molar-refractivity contribution in [2.24, 2.45) is 0 Å². The van der Waals surface area contributed by atoms with Gasteiger partial charge in [0.1, 0.15) is 11.5 Å². The summed E-state index contributed by atoms with van der Waals surface area (Å²) in [5.74, 6) is 0.498. The summed E-state index contributed by atoms with van der Waals surface area (Å²) >= 11 is 0. The van der Waals surface area contributed by atoms with Gasteiger partial charge in [0.25, 0.3) is 0 Å². The molecule has 0 bridgehead atoms. The van der Waals surface area contributed by atoms with Crippen LogP contribution in [0, 0.1) is 0 Å². The first-order valence-electron chi connectivity index (χ1n) is 21.6. The summed E-state index contributed by atoms with van der Waals surface area (Å²) in [6.07, 6.45) is 0. The van der Waals surface area contributed by atoms with Gasteiger partial charge in [0, 0.05) is 0 Å². The molecule has 294 valence electrons. The molecule has 2 N–H and O–H groups in total. The Balaban J connectivity index is 1.16. The minimum atomic E-state index is -0.770. The number of rotatable bonds is 4. The predicted molar refractivity (Wildman–Crippen MR) is 263 cm³/mol. The van der Waals surface area contributed by atoms with E-state index >= 15 is 0 Å². The zero-order valence-corrected chi connectivity index (χ0v) is 34.2. The molecule has 1 aliphatic rings. The van der Waals surface area contributed by atoms with Crippen LogP contribution in [0.15, 0.2) is 218 Å². The van der Waals surface area contributed by atoms with Crippen LogP contribution in [-0.2, 0) is 5.41 Å². The van der Waals surface area contributed by atoms with Crippen LogP contribution in [0.2, 0.25) is 0 Å². The van der Waals surface area contributed by atoms with E-state index < -0.39 is 5.41 Å². The van der Waals surface area contributed by atoms with Gasteiger partial charge in [0.05, 0.1) is 5.41 Å². The van der Waals surface area contributed by atoms with Crippen molar-refractivity contribution in [1.82, 2.24) is 0 Å². The lowest BCUT2D eigenvalue weighted by Gasteiger charge is -2.35. The van der Waals surface area contributed by atoms with E-state index in [0.29, 0.717) is 0 Å². The number of phenols is 2. The molecule has 0 spiro atoms. The van der Waals surface area contributed by atoms with Gasteiger partial charge in [-0.25, -0.2) is 0 Å². The Bertz CT molecular complexity index is 3640. The zero-order chi connectivity index (χ0) is 41.8. The highest BCUT2D eigenvalue weighted by atomic mass is 16.3. The van der Waals surface area contributed by atoms with Gasteiger partial charge in [-0.2, -0.15) is 0 Å². The van der Waals surface area contributed by atoms with E-state index in [4.69, 9.17) is 0 Å². The molecule has 0 saturated heterocycles. The Morgan fingerprint density at radius 1 is 0.254 bits per heavy atom. The third-order valence-electron chi connectivity index (χ3n) is 13.8. The van der Waals surface area contributed by atoms with Gasteiger partial charge >= 0.3 is 0 Å². The van der Waals surface area contributed by atoms with Crippen LogP contribution in [0.1, 0.15) is 22.3 Å². The Hall–Kier alpha value is -8.20. The molecule has 0 unspecified atom stereocenters. The van der Waals surface area contributed by atoms with E-state index in [0.717, 1.165) is 43.8 Å². The molecule has 0 fully saturated rings. The molecule has 63 heavy (non-hydrogen) atoms. The Morgan fingerprint density at radius 2 is 0.635 bits per heavy atom. The molecule has 2 heteroatoms. The van der Waals surface area contributed by atoms with Gasteiger partial charge in [-0.05, 0) is 181 Å². The number of fused-ring (bicyclic) bond motifs is 11. The summed E-state index contributed by atoms with van der Waals surface area (Å²) < 4.78 is 0. The molecule has 0 heterocycles. The smallest absolute Gasteiger partial charge is 0.116 e. The molecule has 13 rings (SSSR count). The zero-order valence-electron chi connectivity index (χ0n) is 34.2. The van der Waals surface area contributed by atoms with Crippen LogP contribution < -0.4 is 0 Å². The topological polar surface area (TPSA) is 40.5 Å². The number of hydrogen-bond donors (Lipinski definition) is 2. The van der Waals surface area contributed by atoms with E-state index in [-0.39, 0.29) is 11.5 Å². The van der Waals surface area contributed by atoms with Crippen LogP contribution >= 0.6 is 0 Å². The third-order valence-corrected chi connectivity index (χ3v) is 13.8. The summed E-state index contributed by atoms with van der Waals surface area (Å²) in [6.45, 7) is 0. The number of phenolic OH excluding ortho intramolecular Hbond substituents is 2. The lowest BCUT2D eigenvalue weighted by atomic mass is 9.66. The fourth-order valence-electron chi connectivity index (χ4n) is 11.0. The summed E-state index contributed by atoms with van der Waals surface area (Å²) in [6, 6.07) is 78.7. The van der Waals surface area contributed by atoms with Crippen molar-refractivity contribution in [3.63, 3.8) is 0 Å². The maximum Gasteiger partial charge on any atom is 0.116 e. The molecule has 0 radical (unpaired) electrons. The highest BCUT2D eigenvalue weighted by molar-refractivity contribution is 6.15. The van der Waals surface area contributed by atoms with Crippen molar-refractivity contribution in [2.45, 2.75) is 5.41 Å². The van der Waals surface area contributed by atoms with E-state index in [1.54, 1.807) is 12.1 Å². The number of hydrogen-bond acceptors (Lipinski definition) is 2. The van der Waals surface area contributed by atoms with E-state index in [2.05, 4.69) is 182 Å². The average molecular weight is 803 g/mol. The first-order valence-corrected chi connectivity index (χ1v) is 21.6. The maximum atomic E-state index is 10.6. The van der Waals surface area contributed by atoms with Gasteiger partial charge in [-0.1, -0.05) is 158 Å². The van der Waals surface area contributed by atoms with Gasteiger partial charge in [-0.15, -0.1) is 0 Å². The average Bonchev–Trinajstić information content (AvgIpc) is 3.62. The van der Waals surface area contributed by atoms with Crippen molar-refractivity contribution in [2.75, 3.05) is 0 Å².